The van der Waals surface area contributed by atoms with Gasteiger partial charge in [0.1, 0.15) is 5.75 Å². The van der Waals surface area contributed by atoms with E-state index in [0.717, 1.165) is 23.2 Å². The zero-order valence-electron chi connectivity index (χ0n) is 20.8. The molecular formula is C30H28N2O5. The Bertz CT molecular complexity index is 1340. The monoisotopic (exact) mass is 496 g/mol. The molecule has 7 nitrogen and oxygen atoms in total. The maximum Gasteiger partial charge on any atom is 0.316 e. The minimum Gasteiger partial charge on any atom is -0.426 e. The van der Waals surface area contributed by atoms with Gasteiger partial charge in [-0.15, -0.1) is 0 Å². The van der Waals surface area contributed by atoms with Crippen LogP contribution < -0.4 is 14.5 Å². The van der Waals surface area contributed by atoms with Gasteiger partial charge >= 0.3 is 5.97 Å². The number of benzene rings is 2. The molecule has 7 heteroatoms. The highest BCUT2D eigenvalue weighted by Crippen LogP contribution is 2.65. The van der Waals surface area contributed by atoms with Gasteiger partial charge < -0.3 is 9.64 Å². The van der Waals surface area contributed by atoms with Crippen LogP contribution in [0.3, 0.4) is 0 Å². The fourth-order valence-corrected chi connectivity index (χ4v) is 7.30. The number of carbonyl (C=O) groups is 4. The van der Waals surface area contributed by atoms with Crippen LogP contribution in [0.2, 0.25) is 0 Å². The minimum absolute atomic E-state index is 0.0990. The van der Waals surface area contributed by atoms with E-state index in [-0.39, 0.29) is 54.4 Å². The SMILES string of the molecule is Cc1cc(C)cc(N2C[C@H](C(=O)Oc3ccc(N4C(=O)[C@H]5[C@@H]6C=C[C@H]([C@@H]7C[C@H]67)[C@@H]5C4=O)cc3)CC2=O)c1. The highest BCUT2D eigenvalue weighted by Gasteiger charge is 2.67. The molecule has 2 aromatic rings. The van der Waals surface area contributed by atoms with Gasteiger partial charge in [-0.2, -0.15) is 0 Å². The van der Waals surface area contributed by atoms with E-state index >= 15 is 0 Å². The van der Waals surface area contributed by atoms with E-state index in [1.165, 1.54) is 4.90 Å². The van der Waals surface area contributed by atoms with Gasteiger partial charge in [0, 0.05) is 18.7 Å². The second-order valence-electron chi connectivity index (χ2n) is 11.3. The zero-order chi connectivity index (χ0) is 25.6. The first kappa shape index (κ1) is 22.5. The Balaban J connectivity index is 1.04. The van der Waals surface area contributed by atoms with Crippen LogP contribution >= 0.6 is 0 Å². The standard InChI is InChI=1S/C30H28N2O5/c1-15-9-16(2)11-19(10-15)31-14-17(12-25(31)33)30(36)37-20-5-3-18(4-6-20)32-28(34)26-21-7-8-22(24-13-23(21)24)27(26)29(32)35/h3-11,17,21-24,26-27H,12-14H2,1-2H3/t17-,21-,22-,23-,24+,26+,27+/m1/s1. The number of imide groups is 1. The third-order valence-electron chi connectivity index (χ3n) is 8.95. The fraction of sp³-hybridized carbons (Fsp3) is 0.400. The number of hydrogen-bond donors (Lipinski definition) is 0. The molecule has 6 aliphatic rings. The lowest BCUT2D eigenvalue weighted by atomic mass is 9.63. The van der Waals surface area contributed by atoms with Crippen LogP contribution in [0.25, 0.3) is 0 Å². The maximum atomic E-state index is 13.3. The normalized spacial score (nSPS) is 33.1. The first-order valence-electron chi connectivity index (χ1n) is 13.1. The second-order valence-corrected chi connectivity index (χ2v) is 11.3. The number of allylic oxidation sites excluding steroid dienone is 2. The number of aryl methyl sites for hydroxylation is 2. The highest BCUT2D eigenvalue weighted by molar-refractivity contribution is 6.22. The summed E-state index contributed by atoms with van der Waals surface area (Å²) in [6.45, 7) is 4.23. The highest BCUT2D eigenvalue weighted by atomic mass is 16.5. The maximum absolute atomic E-state index is 13.3. The molecule has 0 spiro atoms. The van der Waals surface area contributed by atoms with Gasteiger partial charge in [0.05, 0.1) is 23.4 Å². The van der Waals surface area contributed by atoms with Crippen molar-refractivity contribution in [3.63, 3.8) is 0 Å². The number of nitrogens with zero attached hydrogens (tertiary/aromatic N) is 2. The zero-order valence-corrected chi connectivity index (χ0v) is 20.8. The first-order valence-corrected chi connectivity index (χ1v) is 13.1. The van der Waals surface area contributed by atoms with Crippen molar-refractivity contribution in [3.05, 3.63) is 65.7 Å². The topological polar surface area (TPSA) is 84.0 Å². The summed E-state index contributed by atoms with van der Waals surface area (Å²) >= 11 is 0. The Hall–Kier alpha value is -3.74. The van der Waals surface area contributed by atoms with Crippen molar-refractivity contribution in [1.29, 1.82) is 0 Å². The van der Waals surface area contributed by atoms with Crippen LogP contribution in [0.15, 0.2) is 54.6 Å². The quantitative estimate of drug-likeness (QED) is 0.278. The van der Waals surface area contributed by atoms with Gasteiger partial charge in [-0.1, -0.05) is 18.2 Å². The lowest BCUT2D eigenvalue weighted by Gasteiger charge is -2.37. The third-order valence-corrected chi connectivity index (χ3v) is 8.95. The van der Waals surface area contributed by atoms with E-state index in [4.69, 9.17) is 4.74 Å². The molecule has 4 fully saturated rings. The molecule has 0 N–H and O–H groups in total. The Morgan fingerprint density at radius 1 is 0.838 bits per heavy atom. The molecule has 3 amide bonds. The molecule has 2 heterocycles. The number of amides is 3. The van der Waals surface area contributed by atoms with Crippen LogP contribution in [-0.2, 0) is 19.2 Å². The Labute approximate surface area is 215 Å². The summed E-state index contributed by atoms with van der Waals surface area (Å²) in [4.78, 5) is 55.1. The number of anilines is 2. The lowest BCUT2D eigenvalue weighted by molar-refractivity contribution is -0.139. The Morgan fingerprint density at radius 3 is 2.03 bits per heavy atom. The van der Waals surface area contributed by atoms with Gasteiger partial charge in [-0.05, 0) is 91.5 Å². The molecule has 2 bridgehead atoms. The Kier molecular flexibility index (Phi) is 4.78. The van der Waals surface area contributed by atoms with Crippen molar-refractivity contribution >= 4 is 35.1 Å². The van der Waals surface area contributed by atoms with Gasteiger partial charge in [0.25, 0.3) is 0 Å². The molecule has 37 heavy (non-hydrogen) atoms. The molecule has 4 aliphatic carbocycles. The summed E-state index contributed by atoms with van der Waals surface area (Å²) in [6.07, 6.45) is 5.55. The molecule has 2 saturated carbocycles. The Morgan fingerprint density at radius 2 is 1.43 bits per heavy atom. The predicted octanol–water partition coefficient (Wildman–Crippen LogP) is 3.82. The molecule has 0 unspecified atom stereocenters. The van der Waals surface area contributed by atoms with E-state index in [2.05, 4.69) is 12.2 Å². The predicted molar refractivity (Wildman–Crippen MR) is 136 cm³/mol. The van der Waals surface area contributed by atoms with Crippen molar-refractivity contribution in [1.82, 2.24) is 0 Å². The number of esters is 1. The van der Waals surface area contributed by atoms with Gasteiger partial charge in [0.2, 0.25) is 17.7 Å². The van der Waals surface area contributed by atoms with Crippen LogP contribution in [0.5, 0.6) is 5.75 Å². The number of ether oxygens (including phenoxy) is 1. The number of rotatable bonds is 4. The van der Waals surface area contributed by atoms with Gasteiger partial charge in [0.15, 0.2) is 0 Å². The first-order chi connectivity index (χ1) is 17.8. The summed E-state index contributed by atoms with van der Waals surface area (Å²) in [7, 11) is 0. The molecule has 0 radical (unpaired) electrons. The fourth-order valence-electron chi connectivity index (χ4n) is 7.30. The summed E-state index contributed by atoms with van der Waals surface area (Å²) in [5.74, 6) is -0.0411. The van der Waals surface area contributed by atoms with Gasteiger partial charge in [-0.3, -0.25) is 24.1 Å². The van der Waals surface area contributed by atoms with Crippen molar-refractivity contribution in [3.8, 4) is 5.75 Å². The minimum atomic E-state index is -0.563. The molecular weight excluding hydrogens is 468 g/mol. The average Bonchev–Trinajstić information content (AvgIpc) is 3.54. The molecule has 7 atom stereocenters. The summed E-state index contributed by atoms with van der Waals surface area (Å²) in [5, 5.41) is 0. The summed E-state index contributed by atoms with van der Waals surface area (Å²) in [5.41, 5.74) is 3.42. The van der Waals surface area contributed by atoms with Crippen molar-refractivity contribution in [2.45, 2.75) is 26.7 Å². The van der Waals surface area contributed by atoms with E-state index in [0.29, 0.717) is 23.3 Å². The van der Waals surface area contributed by atoms with Crippen LogP contribution in [0.4, 0.5) is 11.4 Å². The molecule has 2 aliphatic heterocycles. The summed E-state index contributed by atoms with van der Waals surface area (Å²) < 4.78 is 5.59. The van der Waals surface area contributed by atoms with E-state index < -0.39 is 11.9 Å². The number of hydrogen-bond acceptors (Lipinski definition) is 5. The smallest absolute Gasteiger partial charge is 0.316 e. The van der Waals surface area contributed by atoms with Crippen molar-refractivity contribution in [2.24, 2.45) is 41.4 Å². The van der Waals surface area contributed by atoms with E-state index in [1.807, 2.05) is 32.0 Å². The van der Waals surface area contributed by atoms with Crippen molar-refractivity contribution in [2.75, 3.05) is 16.3 Å². The van der Waals surface area contributed by atoms with E-state index in [1.54, 1.807) is 29.2 Å². The molecule has 2 saturated heterocycles. The van der Waals surface area contributed by atoms with Gasteiger partial charge in [-0.25, -0.2) is 0 Å². The van der Waals surface area contributed by atoms with E-state index in [9.17, 15) is 19.2 Å². The third kappa shape index (κ3) is 3.40. The second kappa shape index (κ2) is 7.88. The molecule has 8 rings (SSSR count). The van der Waals surface area contributed by atoms with Crippen molar-refractivity contribution < 1.29 is 23.9 Å². The summed E-state index contributed by atoms with van der Waals surface area (Å²) in [6, 6.07) is 12.5. The van der Waals surface area contributed by atoms with Crippen LogP contribution in [-0.4, -0.2) is 30.2 Å². The van der Waals surface area contributed by atoms with Crippen LogP contribution in [0.1, 0.15) is 24.0 Å². The molecule has 2 aromatic carbocycles. The number of carbonyl (C=O) groups excluding carboxylic acids is 4. The van der Waals surface area contributed by atoms with Crippen LogP contribution in [0, 0.1) is 55.3 Å². The lowest BCUT2D eigenvalue weighted by Crippen LogP contribution is -2.40. The molecule has 0 aromatic heterocycles. The average molecular weight is 497 g/mol. The largest absolute Gasteiger partial charge is 0.426 e. The molecule has 188 valence electrons.